The number of amides is 1. The summed E-state index contributed by atoms with van der Waals surface area (Å²) in [5, 5.41) is 11.2. The van der Waals surface area contributed by atoms with Crippen LogP contribution in [0.3, 0.4) is 0 Å². The fourth-order valence-electron chi connectivity index (χ4n) is 2.33. The molecule has 1 amide bonds. The Balaban J connectivity index is 1.92. The van der Waals surface area contributed by atoms with Gasteiger partial charge in [-0.15, -0.1) is 0 Å². The molecule has 1 aliphatic rings. The Morgan fingerprint density at radius 1 is 1.43 bits per heavy atom. The van der Waals surface area contributed by atoms with Gasteiger partial charge in [-0.25, -0.2) is 8.78 Å². The highest BCUT2D eigenvalue weighted by Gasteiger charge is 2.37. The number of nitriles is 1. The van der Waals surface area contributed by atoms with Crippen molar-refractivity contribution in [1.29, 1.82) is 5.26 Å². The Bertz CT molecular complexity index is 545. The molecule has 112 valence electrons. The first kappa shape index (κ1) is 15.2. The number of halogens is 2. The lowest BCUT2D eigenvalue weighted by Crippen LogP contribution is -2.31. The van der Waals surface area contributed by atoms with Gasteiger partial charge < -0.3 is 10.1 Å². The summed E-state index contributed by atoms with van der Waals surface area (Å²) >= 11 is 0. The maximum Gasteiger partial charge on any atom is 0.248 e. The predicted molar refractivity (Wildman–Crippen MR) is 73.1 cm³/mol. The number of carbonyl (C=O) groups excluding carboxylic acids is 1. The zero-order chi connectivity index (χ0) is 15.3. The van der Waals surface area contributed by atoms with Crippen LogP contribution >= 0.6 is 0 Å². The minimum Gasteiger partial charge on any atom is -0.479 e. The van der Waals surface area contributed by atoms with Gasteiger partial charge in [0, 0.05) is 30.5 Å². The maximum atomic E-state index is 13.1. The molecule has 1 aliphatic carbocycles. The summed E-state index contributed by atoms with van der Waals surface area (Å²) < 4.78 is 31.3. The van der Waals surface area contributed by atoms with E-state index in [-0.39, 0.29) is 44.1 Å². The highest BCUT2D eigenvalue weighted by molar-refractivity contribution is 5.92. The fraction of sp³-hybridized carbons (Fsp3) is 0.467. The topological polar surface area (TPSA) is 62.1 Å². The van der Waals surface area contributed by atoms with Crippen molar-refractivity contribution in [3.63, 3.8) is 0 Å². The van der Waals surface area contributed by atoms with Crippen molar-refractivity contribution in [3.05, 3.63) is 24.3 Å². The van der Waals surface area contributed by atoms with Gasteiger partial charge in [0.1, 0.15) is 11.8 Å². The molecule has 4 nitrogen and oxygen atoms in total. The molecule has 0 radical (unpaired) electrons. The molecule has 1 saturated carbocycles. The zero-order valence-electron chi connectivity index (χ0n) is 11.4. The number of benzene rings is 1. The average Bonchev–Trinajstić information content (AvgIpc) is 2.45. The van der Waals surface area contributed by atoms with Crippen molar-refractivity contribution in [2.45, 2.75) is 31.6 Å². The molecule has 0 aromatic heterocycles. The van der Waals surface area contributed by atoms with Crippen LogP contribution in [-0.2, 0) is 4.79 Å². The molecule has 2 rings (SSSR count). The van der Waals surface area contributed by atoms with Crippen LogP contribution in [0.1, 0.15) is 25.7 Å². The second-order valence-corrected chi connectivity index (χ2v) is 5.09. The lowest BCUT2D eigenvalue weighted by molar-refractivity contribution is -0.124. The van der Waals surface area contributed by atoms with Crippen LogP contribution < -0.4 is 10.1 Å². The Labute approximate surface area is 121 Å². The molecular formula is C15H16F2N2O2. The van der Waals surface area contributed by atoms with Crippen LogP contribution in [0.2, 0.25) is 0 Å². The Morgan fingerprint density at radius 2 is 2.14 bits per heavy atom. The lowest BCUT2D eigenvalue weighted by atomic mass is 9.86. The van der Waals surface area contributed by atoms with Gasteiger partial charge in [0.05, 0.1) is 0 Å². The van der Waals surface area contributed by atoms with E-state index in [1.807, 2.05) is 6.07 Å². The highest BCUT2D eigenvalue weighted by Crippen LogP contribution is 2.36. The van der Waals surface area contributed by atoms with Crippen molar-refractivity contribution in [2.75, 3.05) is 11.9 Å². The summed E-state index contributed by atoms with van der Waals surface area (Å²) in [7, 11) is 0. The van der Waals surface area contributed by atoms with E-state index in [4.69, 9.17) is 10.00 Å². The number of nitrogens with one attached hydrogen (secondary N) is 1. The summed E-state index contributed by atoms with van der Waals surface area (Å²) in [6.45, 7) is -0.0743. The van der Waals surface area contributed by atoms with Gasteiger partial charge in [-0.2, -0.15) is 5.26 Å². The van der Waals surface area contributed by atoms with E-state index < -0.39 is 5.92 Å². The SMILES string of the molecule is N#CCOc1cccc(NC(=O)C2CCC(F)(F)CC2)c1. The second-order valence-electron chi connectivity index (χ2n) is 5.09. The van der Waals surface area contributed by atoms with Crippen molar-refractivity contribution >= 4 is 11.6 Å². The van der Waals surface area contributed by atoms with Crippen molar-refractivity contribution in [1.82, 2.24) is 0 Å². The van der Waals surface area contributed by atoms with E-state index in [0.717, 1.165) is 0 Å². The van der Waals surface area contributed by atoms with Crippen LogP contribution in [0.5, 0.6) is 5.75 Å². The number of hydrogen-bond acceptors (Lipinski definition) is 3. The van der Waals surface area contributed by atoms with Gasteiger partial charge in [-0.05, 0) is 25.0 Å². The van der Waals surface area contributed by atoms with Crippen molar-refractivity contribution in [3.8, 4) is 11.8 Å². The van der Waals surface area contributed by atoms with Crippen LogP contribution in [0.25, 0.3) is 0 Å². The van der Waals surface area contributed by atoms with E-state index in [0.29, 0.717) is 11.4 Å². The molecule has 0 heterocycles. The van der Waals surface area contributed by atoms with Gasteiger partial charge in [-0.3, -0.25) is 4.79 Å². The smallest absolute Gasteiger partial charge is 0.248 e. The molecule has 0 atom stereocenters. The largest absolute Gasteiger partial charge is 0.479 e. The van der Waals surface area contributed by atoms with E-state index in [9.17, 15) is 13.6 Å². The minimum absolute atomic E-state index is 0.0743. The van der Waals surface area contributed by atoms with Crippen LogP contribution in [0.15, 0.2) is 24.3 Å². The van der Waals surface area contributed by atoms with E-state index in [2.05, 4.69) is 5.32 Å². The Hall–Kier alpha value is -2.16. The number of ether oxygens (including phenoxy) is 1. The molecule has 1 aromatic rings. The number of anilines is 1. The molecular weight excluding hydrogens is 278 g/mol. The third-order valence-electron chi connectivity index (χ3n) is 3.49. The first-order chi connectivity index (χ1) is 10.00. The first-order valence-electron chi connectivity index (χ1n) is 6.79. The van der Waals surface area contributed by atoms with Crippen molar-refractivity contribution in [2.24, 2.45) is 5.92 Å². The third-order valence-corrected chi connectivity index (χ3v) is 3.49. The van der Waals surface area contributed by atoms with Crippen molar-refractivity contribution < 1.29 is 18.3 Å². The van der Waals surface area contributed by atoms with Gasteiger partial charge in [0.25, 0.3) is 0 Å². The van der Waals surface area contributed by atoms with Gasteiger partial charge in [0.2, 0.25) is 11.8 Å². The fourth-order valence-corrected chi connectivity index (χ4v) is 2.33. The van der Waals surface area contributed by atoms with Gasteiger partial charge in [-0.1, -0.05) is 6.07 Å². The number of carbonyl (C=O) groups is 1. The molecule has 6 heteroatoms. The zero-order valence-corrected chi connectivity index (χ0v) is 11.4. The summed E-state index contributed by atoms with van der Waals surface area (Å²) in [6.07, 6.45) is -0.0836. The summed E-state index contributed by atoms with van der Waals surface area (Å²) in [6, 6.07) is 8.51. The normalized spacial score (nSPS) is 17.8. The maximum absolute atomic E-state index is 13.1. The quantitative estimate of drug-likeness (QED) is 0.926. The van der Waals surface area contributed by atoms with E-state index >= 15 is 0 Å². The number of nitrogens with zero attached hydrogens (tertiary/aromatic N) is 1. The average molecular weight is 294 g/mol. The Morgan fingerprint density at radius 3 is 2.81 bits per heavy atom. The van der Waals surface area contributed by atoms with Gasteiger partial charge >= 0.3 is 0 Å². The predicted octanol–water partition coefficient (Wildman–Crippen LogP) is 3.35. The van der Waals surface area contributed by atoms with Crippen LogP contribution in [0, 0.1) is 17.2 Å². The number of alkyl halides is 2. The molecule has 0 saturated heterocycles. The Kier molecular flexibility index (Phi) is 4.73. The lowest BCUT2D eigenvalue weighted by Gasteiger charge is -2.27. The van der Waals surface area contributed by atoms with Crippen LogP contribution in [-0.4, -0.2) is 18.4 Å². The summed E-state index contributed by atoms with van der Waals surface area (Å²) in [5.41, 5.74) is 0.535. The molecule has 0 spiro atoms. The molecule has 1 aromatic carbocycles. The van der Waals surface area contributed by atoms with Gasteiger partial charge in [0.15, 0.2) is 6.61 Å². The second kappa shape index (κ2) is 6.53. The molecule has 21 heavy (non-hydrogen) atoms. The first-order valence-corrected chi connectivity index (χ1v) is 6.79. The van der Waals surface area contributed by atoms with E-state index in [1.54, 1.807) is 24.3 Å². The monoisotopic (exact) mass is 294 g/mol. The highest BCUT2D eigenvalue weighted by atomic mass is 19.3. The summed E-state index contributed by atoms with van der Waals surface area (Å²) in [4.78, 5) is 12.1. The minimum atomic E-state index is -2.64. The van der Waals surface area contributed by atoms with Crippen LogP contribution in [0.4, 0.5) is 14.5 Å². The number of hydrogen-bond donors (Lipinski definition) is 1. The molecule has 1 N–H and O–H groups in total. The molecule has 0 unspecified atom stereocenters. The molecule has 0 aliphatic heterocycles. The molecule has 1 fully saturated rings. The van der Waals surface area contributed by atoms with E-state index in [1.165, 1.54) is 0 Å². The molecule has 0 bridgehead atoms. The summed E-state index contributed by atoms with van der Waals surface area (Å²) in [5.74, 6) is -2.79. The number of rotatable bonds is 4. The third kappa shape index (κ3) is 4.42. The standard InChI is InChI=1S/C15H16F2N2O2/c16-15(17)6-4-11(5-7-15)14(20)19-12-2-1-3-13(10-12)21-9-8-18/h1-3,10-11H,4-7,9H2,(H,19,20).